The van der Waals surface area contributed by atoms with Crippen LogP contribution in [0.1, 0.15) is 18.5 Å². The Labute approximate surface area is 130 Å². The van der Waals surface area contributed by atoms with E-state index in [1.807, 2.05) is 40.8 Å². The molecule has 1 aliphatic heterocycles. The molecule has 0 radical (unpaired) electrons. The highest BCUT2D eigenvalue weighted by Crippen LogP contribution is 2.27. The van der Waals surface area contributed by atoms with Crippen LogP contribution < -0.4 is 5.73 Å². The lowest BCUT2D eigenvalue weighted by Crippen LogP contribution is -2.45. The van der Waals surface area contributed by atoms with Crippen molar-refractivity contribution in [3.63, 3.8) is 0 Å². The molecule has 2 unspecified atom stereocenters. The van der Waals surface area contributed by atoms with Crippen LogP contribution in [0.25, 0.3) is 5.69 Å². The summed E-state index contributed by atoms with van der Waals surface area (Å²) in [6.07, 6.45) is 4.07. The molecule has 112 valence electrons. The number of benzene rings is 1. The van der Waals surface area contributed by atoms with E-state index in [1.54, 1.807) is 0 Å². The van der Waals surface area contributed by atoms with Crippen molar-refractivity contribution in [3.05, 3.63) is 48.3 Å². The van der Waals surface area contributed by atoms with Crippen molar-refractivity contribution in [2.24, 2.45) is 5.73 Å². The predicted molar refractivity (Wildman–Crippen MR) is 88.9 cm³/mol. The molecule has 0 saturated carbocycles. The first-order chi connectivity index (χ1) is 10.3. The molecule has 4 nitrogen and oxygen atoms in total. The van der Waals surface area contributed by atoms with Gasteiger partial charge in [-0.15, -0.1) is 0 Å². The molecule has 2 N–H and O–H groups in total. The first-order valence-corrected chi connectivity index (χ1v) is 8.58. The molecule has 21 heavy (non-hydrogen) atoms. The number of thioether (sulfide) groups is 1. The highest BCUT2D eigenvalue weighted by Gasteiger charge is 2.27. The maximum absolute atomic E-state index is 6.06. The van der Waals surface area contributed by atoms with E-state index < -0.39 is 0 Å². The van der Waals surface area contributed by atoms with E-state index in [0.717, 1.165) is 12.2 Å². The minimum Gasteiger partial charge on any atom is -0.329 e. The lowest BCUT2D eigenvalue weighted by molar-refractivity contribution is 0.166. The molecular weight excluding hydrogens is 280 g/mol. The van der Waals surface area contributed by atoms with Gasteiger partial charge in [-0.1, -0.05) is 18.2 Å². The average Bonchev–Trinajstić information content (AvgIpc) is 3.00. The fourth-order valence-electron chi connectivity index (χ4n) is 2.90. The van der Waals surface area contributed by atoms with Gasteiger partial charge in [0.25, 0.3) is 0 Å². The van der Waals surface area contributed by atoms with Crippen LogP contribution in [-0.4, -0.2) is 45.3 Å². The van der Waals surface area contributed by atoms with Gasteiger partial charge in [-0.25, -0.2) is 4.68 Å². The van der Waals surface area contributed by atoms with Gasteiger partial charge in [-0.05, 0) is 19.1 Å². The van der Waals surface area contributed by atoms with Crippen LogP contribution in [0, 0.1) is 0 Å². The second kappa shape index (κ2) is 6.64. The van der Waals surface area contributed by atoms with Gasteiger partial charge >= 0.3 is 0 Å². The predicted octanol–water partition coefficient (Wildman–Crippen LogP) is 2.31. The SMILES string of the molecule is CC1CSCCN1C(CN)c1cnn(-c2ccccc2)c1. The molecule has 5 heteroatoms. The summed E-state index contributed by atoms with van der Waals surface area (Å²) in [5.74, 6) is 2.37. The third kappa shape index (κ3) is 3.15. The number of hydrogen-bond acceptors (Lipinski definition) is 4. The van der Waals surface area contributed by atoms with Gasteiger partial charge in [0.05, 0.1) is 17.9 Å². The van der Waals surface area contributed by atoms with Gasteiger partial charge in [0.15, 0.2) is 0 Å². The summed E-state index contributed by atoms with van der Waals surface area (Å²) >= 11 is 2.03. The monoisotopic (exact) mass is 302 g/mol. The lowest BCUT2D eigenvalue weighted by Gasteiger charge is -2.38. The second-order valence-corrected chi connectivity index (χ2v) is 6.62. The fourth-order valence-corrected chi connectivity index (χ4v) is 3.94. The third-order valence-corrected chi connectivity index (χ3v) is 5.24. The van der Waals surface area contributed by atoms with Crippen LogP contribution in [0.15, 0.2) is 42.7 Å². The van der Waals surface area contributed by atoms with E-state index in [2.05, 4.69) is 35.3 Å². The maximum atomic E-state index is 6.06. The molecule has 1 aromatic heterocycles. The molecule has 1 fully saturated rings. The van der Waals surface area contributed by atoms with Crippen LogP contribution in [0.3, 0.4) is 0 Å². The molecule has 2 heterocycles. The lowest BCUT2D eigenvalue weighted by atomic mass is 10.1. The summed E-state index contributed by atoms with van der Waals surface area (Å²) in [6.45, 7) is 4.02. The number of aromatic nitrogens is 2. The highest BCUT2D eigenvalue weighted by atomic mass is 32.2. The van der Waals surface area contributed by atoms with Crippen molar-refractivity contribution in [3.8, 4) is 5.69 Å². The van der Waals surface area contributed by atoms with Crippen molar-refractivity contribution >= 4 is 11.8 Å². The van der Waals surface area contributed by atoms with Crippen LogP contribution in [0.5, 0.6) is 0 Å². The first kappa shape index (κ1) is 14.6. The molecule has 0 spiro atoms. The van der Waals surface area contributed by atoms with Gasteiger partial charge in [0, 0.05) is 42.4 Å². The fraction of sp³-hybridized carbons (Fsp3) is 0.438. The van der Waals surface area contributed by atoms with Crippen molar-refractivity contribution < 1.29 is 0 Å². The molecule has 0 aliphatic carbocycles. The smallest absolute Gasteiger partial charge is 0.0645 e. The zero-order valence-corrected chi connectivity index (χ0v) is 13.2. The molecule has 2 aromatic rings. The minimum atomic E-state index is 0.262. The van der Waals surface area contributed by atoms with Gasteiger partial charge in [0.2, 0.25) is 0 Å². The molecule has 2 atom stereocenters. The molecular formula is C16H22N4S. The quantitative estimate of drug-likeness (QED) is 0.941. The first-order valence-electron chi connectivity index (χ1n) is 7.43. The normalized spacial score (nSPS) is 21.3. The molecule has 0 bridgehead atoms. The Balaban J connectivity index is 1.83. The molecule has 0 amide bonds. The maximum Gasteiger partial charge on any atom is 0.0645 e. The average molecular weight is 302 g/mol. The largest absolute Gasteiger partial charge is 0.329 e. The number of nitrogens with zero attached hydrogens (tertiary/aromatic N) is 3. The Morgan fingerprint density at radius 3 is 2.90 bits per heavy atom. The van der Waals surface area contributed by atoms with Crippen molar-refractivity contribution in [2.45, 2.75) is 19.0 Å². The van der Waals surface area contributed by atoms with Crippen molar-refractivity contribution in [2.75, 3.05) is 24.6 Å². The molecule has 1 saturated heterocycles. The molecule has 3 rings (SSSR count). The van der Waals surface area contributed by atoms with Crippen molar-refractivity contribution in [1.82, 2.24) is 14.7 Å². The topological polar surface area (TPSA) is 47.1 Å². The Morgan fingerprint density at radius 2 is 2.19 bits per heavy atom. The van der Waals surface area contributed by atoms with Crippen LogP contribution in [0.2, 0.25) is 0 Å². The zero-order chi connectivity index (χ0) is 14.7. The Morgan fingerprint density at radius 1 is 1.38 bits per heavy atom. The molecule has 1 aliphatic rings. The Bertz CT molecular complexity index is 569. The van der Waals surface area contributed by atoms with E-state index >= 15 is 0 Å². The third-order valence-electron chi connectivity index (χ3n) is 4.05. The number of hydrogen-bond donors (Lipinski definition) is 1. The van der Waals surface area contributed by atoms with Gasteiger partial charge in [-0.3, -0.25) is 4.90 Å². The number of para-hydroxylation sites is 1. The van der Waals surface area contributed by atoms with E-state index in [0.29, 0.717) is 12.6 Å². The summed E-state index contributed by atoms with van der Waals surface area (Å²) in [4.78, 5) is 2.52. The highest BCUT2D eigenvalue weighted by molar-refractivity contribution is 7.99. The van der Waals surface area contributed by atoms with E-state index in [4.69, 9.17) is 5.73 Å². The summed E-state index contributed by atoms with van der Waals surface area (Å²) in [7, 11) is 0. The minimum absolute atomic E-state index is 0.262. The van der Waals surface area contributed by atoms with E-state index in [-0.39, 0.29) is 6.04 Å². The van der Waals surface area contributed by atoms with E-state index in [1.165, 1.54) is 17.1 Å². The standard InChI is InChI=1S/C16H22N4S/c1-13-12-21-8-7-19(13)16(9-17)14-10-18-20(11-14)15-5-3-2-4-6-15/h2-6,10-11,13,16H,7-9,12,17H2,1H3. The summed E-state index contributed by atoms with van der Waals surface area (Å²) < 4.78 is 1.93. The van der Waals surface area contributed by atoms with Gasteiger partial charge in [-0.2, -0.15) is 16.9 Å². The van der Waals surface area contributed by atoms with Gasteiger partial charge in [0.1, 0.15) is 0 Å². The second-order valence-electron chi connectivity index (χ2n) is 5.47. The van der Waals surface area contributed by atoms with Crippen LogP contribution in [0.4, 0.5) is 0 Å². The summed E-state index contributed by atoms with van der Waals surface area (Å²) in [5.41, 5.74) is 8.35. The Kier molecular flexibility index (Phi) is 4.63. The zero-order valence-electron chi connectivity index (χ0n) is 12.4. The molecule has 1 aromatic carbocycles. The number of rotatable bonds is 4. The van der Waals surface area contributed by atoms with Crippen molar-refractivity contribution in [1.29, 1.82) is 0 Å². The van der Waals surface area contributed by atoms with Crippen LogP contribution >= 0.6 is 11.8 Å². The summed E-state index contributed by atoms with van der Waals surface area (Å²) in [5, 5.41) is 4.50. The van der Waals surface area contributed by atoms with Gasteiger partial charge < -0.3 is 5.73 Å². The Hall–Kier alpha value is -1.30. The summed E-state index contributed by atoms with van der Waals surface area (Å²) in [6, 6.07) is 11.0. The van der Waals surface area contributed by atoms with E-state index in [9.17, 15) is 0 Å². The van der Waals surface area contributed by atoms with Crippen LogP contribution in [-0.2, 0) is 0 Å². The number of nitrogens with two attached hydrogens (primary N) is 1.